The highest BCUT2D eigenvalue weighted by molar-refractivity contribution is 6.32. The number of halogens is 2. The molecule has 0 aromatic heterocycles. The molecular weight excluding hydrogens is 477 g/mol. The molecule has 1 atom stereocenters. The van der Waals surface area contributed by atoms with Gasteiger partial charge in [0.25, 0.3) is 0 Å². The van der Waals surface area contributed by atoms with Gasteiger partial charge in [0.05, 0.1) is 30.5 Å². The van der Waals surface area contributed by atoms with Crippen LogP contribution in [0.4, 0.5) is 0 Å². The summed E-state index contributed by atoms with van der Waals surface area (Å²) in [5, 5.41) is 21.4. The number of nitrogens with zero attached hydrogens (tertiary/aromatic N) is 1. The Kier molecular flexibility index (Phi) is 10.8. The minimum atomic E-state index is -0.866. The van der Waals surface area contributed by atoms with Gasteiger partial charge in [-0.3, -0.25) is 0 Å². The molecule has 9 heteroatoms. The Bertz CT molecular complexity index is 948. The quantitative estimate of drug-likeness (QED) is 0.140. The minimum Gasteiger partial charge on any atom is -0.492 e. The molecule has 0 saturated heterocycles. The van der Waals surface area contributed by atoms with Crippen LogP contribution in [0.25, 0.3) is 0 Å². The summed E-state index contributed by atoms with van der Waals surface area (Å²) >= 11 is 12.1. The monoisotopic (exact) mass is 511 g/mol. The second-order valence-electron chi connectivity index (χ2n) is 8.59. The number of alkyl halides is 1. The average Bonchev–Trinajstić information content (AvgIpc) is 2.79. The van der Waals surface area contributed by atoms with E-state index >= 15 is 0 Å². The van der Waals surface area contributed by atoms with Crippen molar-refractivity contribution in [3.05, 3.63) is 70.0 Å². The topological polar surface area (TPSA) is 114 Å². The number of nitrogens with two attached hydrogens (primary N) is 2. The molecule has 0 radical (unpaired) electrons. The normalized spacial score (nSPS) is 13.3. The summed E-state index contributed by atoms with van der Waals surface area (Å²) in [5.74, 6) is 7.68. The predicted octanol–water partition coefficient (Wildman–Crippen LogP) is 3.77. The summed E-state index contributed by atoms with van der Waals surface area (Å²) in [7, 11) is 0. The molecule has 2 rings (SSSR count). The zero-order chi connectivity index (χ0) is 25.3. The van der Waals surface area contributed by atoms with Gasteiger partial charge in [0, 0.05) is 17.0 Å². The Morgan fingerprint density at radius 1 is 1.12 bits per heavy atom. The van der Waals surface area contributed by atoms with Crippen LogP contribution in [0, 0.1) is 0 Å². The summed E-state index contributed by atoms with van der Waals surface area (Å²) < 4.78 is 11.4. The lowest BCUT2D eigenvalue weighted by molar-refractivity contribution is 0.0741. The third-order valence-corrected chi connectivity index (χ3v) is 6.13. The predicted molar refractivity (Wildman–Crippen MR) is 137 cm³/mol. The van der Waals surface area contributed by atoms with Crippen molar-refractivity contribution in [3.8, 4) is 11.5 Å². The van der Waals surface area contributed by atoms with Gasteiger partial charge in [0.2, 0.25) is 0 Å². The molecule has 0 bridgehead atoms. The van der Waals surface area contributed by atoms with E-state index in [9.17, 15) is 10.2 Å². The fourth-order valence-electron chi connectivity index (χ4n) is 3.40. The first-order valence-electron chi connectivity index (χ1n) is 11.1. The number of hydrogen-bond acceptors (Lipinski definition) is 7. The number of ether oxygens (including phenoxy) is 2. The zero-order valence-corrected chi connectivity index (χ0v) is 21.4. The molecule has 2 aromatic rings. The molecule has 0 aliphatic carbocycles. The Balaban J connectivity index is 2.00. The van der Waals surface area contributed by atoms with Crippen LogP contribution < -0.4 is 21.1 Å². The summed E-state index contributed by atoms with van der Waals surface area (Å²) in [6, 6.07) is 13.5. The third-order valence-electron chi connectivity index (χ3n) is 5.57. The standard InChI is InChI=1S/C25H35Cl2N3O4/c1-17(28)23(15-31)30(29)14-20(32)16-34-21-8-5-18(6-9-21)25(2,3)19-7-10-24(22(27)13-19)33-12-4-11-26/h5-10,13,20,31-32H,4,11-12,14-16,28-29H2,1-3H3/b23-17-. The van der Waals surface area contributed by atoms with Crippen molar-refractivity contribution in [2.75, 3.05) is 32.2 Å². The van der Waals surface area contributed by atoms with Gasteiger partial charge >= 0.3 is 0 Å². The van der Waals surface area contributed by atoms with E-state index in [0.717, 1.165) is 17.5 Å². The van der Waals surface area contributed by atoms with Gasteiger partial charge in [-0.1, -0.05) is 43.6 Å². The number of benzene rings is 2. The number of allylic oxidation sites excluding steroid dienone is 1. The van der Waals surface area contributed by atoms with E-state index in [4.69, 9.17) is 44.3 Å². The molecule has 0 aliphatic rings. The highest BCUT2D eigenvalue weighted by Crippen LogP contribution is 2.36. The van der Waals surface area contributed by atoms with Crippen molar-refractivity contribution in [2.45, 2.75) is 38.7 Å². The molecule has 0 spiro atoms. The molecule has 2 aromatic carbocycles. The van der Waals surface area contributed by atoms with Gasteiger partial charge in [0.15, 0.2) is 0 Å². The van der Waals surface area contributed by atoms with E-state index < -0.39 is 6.10 Å². The number of rotatable bonds is 13. The van der Waals surface area contributed by atoms with Crippen LogP contribution in [0.15, 0.2) is 53.9 Å². The first kappa shape index (κ1) is 28.1. The molecule has 0 heterocycles. The Hall–Kier alpha value is -2.16. The van der Waals surface area contributed by atoms with Crippen molar-refractivity contribution < 1.29 is 19.7 Å². The van der Waals surface area contributed by atoms with E-state index in [-0.39, 0.29) is 25.2 Å². The van der Waals surface area contributed by atoms with E-state index in [2.05, 4.69) is 13.8 Å². The van der Waals surface area contributed by atoms with Crippen molar-refractivity contribution in [1.29, 1.82) is 0 Å². The molecule has 34 heavy (non-hydrogen) atoms. The number of aliphatic hydroxyl groups excluding tert-OH is 2. The Morgan fingerprint density at radius 2 is 1.76 bits per heavy atom. The van der Waals surface area contributed by atoms with Crippen molar-refractivity contribution in [2.24, 2.45) is 11.6 Å². The van der Waals surface area contributed by atoms with Crippen LogP contribution in [0.5, 0.6) is 11.5 Å². The molecule has 7 nitrogen and oxygen atoms in total. The summed E-state index contributed by atoms with van der Waals surface area (Å²) in [6.07, 6.45) is -0.107. The molecular formula is C25H35Cl2N3O4. The molecule has 0 saturated carbocycles. The second-order valence-corrected chi connectivity index (χ2v) is 9.38. The van der Waals surface area contributed by atoms with E-state index in [1.54, 1.807) is 6.92 Å². The maximum atomic E-state index is 10.2. The molecule has 1 unspecified atom stereocenters. The minimum absolute atomic E-state index is 0.0412. The highest BCUT2D eigenvalue weighted by atomic mass is 35.5. The van der Waals surface area contributed by atoms with E-state index in [0.29, 0.717) is 40.4 Å². The molecule has 0 fully saturated rings. The average molecular weight is 512 g/mol. The first-order valence-corrected chi connectivity index (χ1v) is 12.0. The van der Waals surface area contributed by atoms with Crippen LogP contribution >= 0.6 is 23.2 Å². The Labute approximate surface area is 211 Å². The van der Waals surface area contributed by atoms with Crippen molar-refractivity contribution in [3.63, 3.8) is 0 Å². The van der Waals surface area contributed by atoms with Gasteiger partial charge in [-0.15, -0.1) is 11.6 Å². The maximum absolute atomic E-state index is 10.2. The number of hydrazine groups is 1. The first-order chi connectivity index (χ1) is 16.1. The zero-order valence-electron chi connectivity index (χ0n) is 19.9. The molecule has 0 aliphatic heterocycles. The number of aliphatic hydroxyl groups is 2. The van der Waals surface area contributed by atoms with Gasteiger partial charge < -0.3 is 30.4 Å². The van der Waals surface area contributed by atoms with E-state index in [1.165, 1.54) is 5.01 Å². The van der Waals surface area contributed by atoms with Gasteiger partial charge in [-0.25, -0.2) is 5.84 Å². The van der Waals surface area contributed by atoms with Crippen LogP contribution in [-0.4, -0.2) is 53.6 Å². The van der Waals surface area contributed by atoms with Gasteiger partial charge in [-0.2, -0.15) is 0 Å². The largest absolute Gasteiger partial charge is 0.492 e. The second kappa shape index (κ2) is 13.1. The van der Waals surface area contributed by atoms with E-state index in [1.807, 2.05) is 42.5 Å². The molecule has 0 amide bonds. The lowest BCUT2D eigenvalue weighted by atomic mass is 9.78. The third kappa shape index (κ3) is 7.68. The summed E-state index contributed by atoms with van der Waals surface area (Å²) in [4.78, 5) is 0. The molecule has 188 valence electrons. The molecule has 6 N–H and O–H groups in total. The smallest absolute Gasteiger partial charge is 0.137 e. The summed E-state index contributed by atoms with van der Waals surface area (Å²) in [5.41, 5.74) is 8.27. The van der Waals surface area contributed by atoms with Crippen molar-refractivity contribution in [1.82, 2.24) is 5.01 Å². The van der Waals surface area contributed by atoms with Crippen molar-refractivity contribution >= 4 is 23.2 Å². The fourth-order valence-corrected chi connectivity index (χ4v) is 3.75. The lowest BCUT2D eigenvalue weighted by Gasteiger charge is -2.27. The van der Waals surface area contributed by atoms with Crippen LogP contribution in [0.2, 0.25) is 5.02 Å². The SMILES string of the molecule is C/C(N)=C(\CO)N(N)CC(O)COc1ccc(C(C)(C)c2ccc(OCCCCl)c(Cl)c2)cc1. The van der Waals surface area contributed by atoms with Crippen LogP contribution in [-0.2, 0) is 5.41 Å². The fraction of sp³-hybridized carbons (Fsp3) is 0.440. The van der Waals surface area contributed by atoms with Gasteiger partial charge in [-0.05, 0) is 48.7 Å². The van der Waals surface area contributed by atoms with Crippen LogP contribution in [0.1, 0.15) is 38.3 Å². The lowest BCUT2D eigenvalue weighted by Crippen LogP contribution is -2.41. The van der Waals surface area contributed by atoms with Gasteiger partial charge in [0.1, 0.15) is 24.2 Å². The Morgan fingerprint density at radius 3 is 2.32 bits per heavy atom. The number of hydrogen-bond donors (Lipinski definition) is 4. The highest BCUT2D eigenvalue weighted by Gasteiger charge is 2.24. The van der Waals surface area contributed by atoms with Crippen LogP contribution in [0.3, 0.4) is 0 Å². The maximum Gasteiger partial charge on any atom is 0.137 e. The summed E-state index contributed by atoms with van der Waals surface area (Å²) in [6.45, 7) is 6.20.